The molecular formula is C35H31Cl2F3N6O3. The van der Waals surface area contributed by atoms with Crippen LogP contribution in [0, 0.1) is 0 Å². The van der Waals surface area contributed by atoms with Crippen molar-refractivity contribution in [1.82, 2.24) is 30.3 Å². The minimum absolute atomic E-state index is 0.0730. The summed E-state index contributed by atoms with van der Waals surface area (Å²) < 4.78 is 44.5. The lowest BCUT2D eigenvalue weighted by Crippen LogP contribution is -2.35. The van der Waals surface area contributed by atoms with E-state index in [0.29, 0.717) is 74.6 Å². The minimum atomic E-state index is -4.39. The Hall–Kier alpha value is -4.49. The molecule has 0 bridgehead atoms. The average molecular weight is 712 g/mol. The van der Waals surface area contributed by atoms with E-state index in [1.165, 1.54) is 16.8 Å². The van der Waals surface area contributed by atoms with E-state index in [4.69, 9.17) is 32.9 Å². The molecule has 254 valence electrons. The molecule has 0 saturated carbocycles. The number of ether oxygens (including phenoxy) is 1. The molecule has 1 atom stereocenters. The van der Waals surface area contributed by atoms with Gasteiger partial charge in [0.05, 0.1) is 29.4 Å². The molecule has 1 amide bonds. The van der Waals surface area contributed by atoms with Gasteiger partial charge in [0, 0.05) is 77.9 Å². The van der Waals surface area contributed by atoms with Crippen LogP contribution in [0.5, 0.6) is 5.88 Å². The van der Waals surface area contributed by atoms with Crippen molar-refractivity contribution in [2.45, 2.75) is 38.1 Å². The molecule has 9 nitrogen and oxygen atoms in total. The molecule has 4 heterocycles. The third-order valence-electron chi connectivity index (χ3n) is 8.22. The monoisotopic (exact) mass is 710 g/mol. The molecule has 0 unspecified atom stereocenters. The summed E-state index contributed by atoms with van der Waals surface area (Å²) in [5.41, 5.74) is 4.82. The number of rotatable bonds is 11. The van der Waals surface area contributed by atoms with Gasteiger partial charge in [0.2, 0.25) is 11.8 Å². The molecule has 1 aliphatic heterocycles. The van der Waals surface area contributed by atoms with Crippen molar-refractivity contribution >= 4 is 34.8 Å². The number of alkyl halides is 3. The zero-order valence-electron chi connectivity index (χ0n) is 26.2. The van der Waals surface area contributed by atoms with Crippen LogP contribution in [-0.4, -0.2) is 52.7 Å². The number of amides is 1. The number of pyridine rings is 2. The van der Waals surface area contributed by atoms with E-state index in [9.17, 15) is 22.8 Å². The highest BCUT2D eigenvalue weighted by atomic mass is 35.5. The van der Waals surface area contributed by atoms with Gasteiger partial charge < -0.3 is 20.7 Å². The van der Waals surface area contributed by atoms with Gasteiger partial charge in [-0.15, -0.1) is 0 Å². The van der Waals surface area contributed by atoms with Crippen LogP contribution in [0.1, 0.15) is 24.0 Å². The summed E-state index contributed by atoms with van der Waals surface area (Å²) >= 11 is 14.0. The van der Waals surface area contributed by atoms with Crippen LogP contribution in [0.2, 0.25) is 10.0 Å². The normalized spacial score (nSPS) is 14.7. The summed E-state index contributed by atoms with van der Waals surface area (Å²) in [6, 6.07) is 18.4. The molecule has 3 N–H and O–H groups in total. The molecular weight excluding hydrogens is 680 g/mol. The number of carbonyl (C=O) groups excluding carboxylic acids is 1. The lowest BCUT2D eigenvalue weighted by atomic mass is 9.97. The molecule has 1 fully saturated rings. The highest BCUT2D eigenvalue weighted by molar-refractivity contribution is 6.39. The Labute approximate surface area is 289 Å². The Balaban J connectivity index is 1.25. The Morgan fingerprint density at radius 3 is 2.33 bits per heavy atom. The predicted molar refractivity (Wildman–Crippen MR) is 183 cm³/mol. The lowest BCUT2D eigenvalue weighted by Gasteiger charge is -2.16. The second kappa shape index (κ2) is 14.6. The number of hydrogen-bond donors (Lipinski definition) is 3. The van der Waals surface area contributed by atoms with Crippen LogP contribution in [0.4, 0.5) is 13.2 Å². The van der Waals surface area contributed by atoms with Gasteiger partial charge in [0.15, 0.2) is 0 Å². The van der Waals surface area contributed by atoms with E-state index < -0.39 is 18.3 Å². The van der Waals surface area contributed by atoms with Gasteiger partial charge >= 0.3 is 6.18 Å². The maximum Gasteiger partial charge on any atom is 0.401 e. The summed E-state index contributed by atoms with van der Waals surface area (Å²) in [5, 5.41) is 9.40. The number of fused-ring (bicyclic) bond motifs is 1. The van der Waals surface area contributed by atoms with Crippen LogP contribution < -0.4 is 26.2 Å². The molecule has 49 heavy (non-hydrogen) atoms. The SMILES string of the molecule is COc1nc(-c2cccc(-c3cccc(-c4ccn5c(=O)c(CNCC(F)(F)F)cnc5c4)c3Cl)c2Cl)ccc1CNC[C@H]1CCC(=O)N1. The number of carbonyl (C=O) groups is 1. The van der Waals surface area contributed by atoms with E-state index in [2.05, 4.69) is 20.9 Å². The molecule has 0 aliphatic carbocycles. The third-order valence-corrected chi connectivity index (χ3v) is 9.03. The Bertz CT molecular complexity index is 2090. The van der Waals surface area contributed by atoms with Crippen LogP contribution in [0.3, 0.4) is 0 Å². The van der Waals surface area contributed by atoms with Crippen molar-refractivity contribution in [2.75, 3.05) is 20.2 Å². The van der Waals surface area contributed by atoms with Crippen molar-refractivity contribution in [3.05, 3.63) is 105 Å². The van der Waals surface area contributed by atoms with Gasteiger partial charge in [-0.2, -0.15) is 13.2 Å². The van der Waals surface area contributed by atoms with Crippen LogP contribution >= 0.6 is 23.2 Å². The van der Waals surface area contributed by atoms with E-state index >= 15 is 0 Å². The first-order valence-corrected chi connectivity index (χ1v) is 16.2. The summed E-state index contributed by atoms with van der Waals surface area (Å²) in [6.45, 7) is -0.325. The Morgan fingerprint density at radius 2 is 1.63 bits per heavy atom. The Morgan fingerprint density at radius 1 is 0.939 bits per heavy atom. The number of nitrogens with zero attached hydrogens (tertiary/aromatic N) is 3. The number of nitrogens with one attached hydrogen (secondary N) is 3. The fourth-order valence-corrected chi connectivity index (χ4v) is 6.45. The van der Waals surface area contributed by atoms with Crippen LogP contribution in [0.25, 0.3) is 39.2 Å². The van der Waals surface area contributed by atoms with E-state index in [0.717, 1.165) is 12.0 Å². The first-order valence-electron chi connectivity index (χ1n) is 15.4. The second-order valence-electron chi connectivity index (χ2n) is 11.6. The lowest BCUT2D eigenvalue weighted by molar-refractivity contribution is -0.125. The summed E-state index contributed by atoms with van der Waals surface area (Å²) in [7, 11) is 1.56. The first-order chi connectivity index (χ1) is 23.5. The van der Waals surface area contributed by atoms with Crippen molar-refractivity contribution in [2.24, 2.45) is 0 Å². The molecule has 1 aliphatic rings. The van der Waals surface area contributed by atoms with Gasteiger partial charge in [-0.25, -0.2) is 9.97 Å². The number of halogens is 5. The quantitative estimate of drug-likeness (QED) is 0.145. The molecule has 0 radical (unpaired) electrons. The third kappa shape index (κ3) is 7.73. The topological polar surface area (TPSA) is 110 Å². The summed E-state index contributed by atoms with van der Waals surface area (Å²) in [4.78, 5) is 33.5. The fraction of sp³-hybridized carbons (Fsp3) is 0.257. The number of methoxy groups -OCH3 is 1. The van der Waals surface area contributed by atoms with Crippen molar-refractivity contribution in [1.29, 1.82) is 0 Å². The smallest absolute Gasteiger partial charge is 0.401 e. The van der Waals surface area contributed by atoms with Crippen molar-refractivity contribution in [3.63, 3.8) is 0 Å². The largest absolute Gasteiger partial charge is 0.481 e. The summed E-state index contributed by atoms with van der Waals surface area (Å²) in [5.74, 6) is 0.527. The van der Waals surface area contributed by atoms with Gasteiger partial charge in [-0.3, -0.25) is 14.0 Å². The highest BCUT2D eigenvalue weighted by Gasteiger charge is 2.26. The standard InChI is InChI=1S/C35H31Cl2F3N6O3/c1-49-33-21(15-41-18-23-9-11-30(47)44-23)8-10-28(45-33)27-7-3-6-26(32(27)37)25-5-2-4-24(31(25)36)20-12-13-46-29(14-20)43-17-22(34(46)48)16-42-19-35(38,39)40/h2-8,10,12-14,17,23,41-42H,9,11,15-16,18-19H2,1H3,(H,44,47)/t23-/m1/s1. The zero-order chi connectivity index (χ0) is 34.7. The summed E-state index contributed by atoms with van der Waals surface area (Å²) in [6.07, 6.45) is -0.238. The predicted octanol–water partition coefficient (Wildman–Crippen LogP) is 6.43. The highest BCUT2D eigenvalue weighted by Crippen LogP contribution is 2.42. The van der Waals surface area contributed by atoms with Gasteiger partial charge in [-0.05, 0) is 30.2 Å². The maximum absolute atomic E-state index is 12.9. The van der Waals surface area contributed by atoms with Crippen molar-refractivity contribution < 1.29 is 22.7 Å². The maximum atomic E-state index is 12.9. The molecule has 0 spiro atoms. The molecule has 14 heteroatoms. The van der Waals surface area contributed by atoms with E-state index in [-0.39, 0.29) is 24.1 Å². The average Bonchev–Trinajstić information content (AvgIpc) is 3.50. The molecule has 1 saturated heterocycles. The van der Waals surface area contributed by atoms with E-state index in [1.807, 2.05) is 48.5 Å². The van der Waals surface area contributed by atoms with Gasteiger partial charge in [0.1, 0.15) is 5.65 Å². The molecule has 5 aromatic rings. The second-order valence-corrected chi connectivity index (χ2v) is 12.3. The number of benzene rings is 2. The van der Waals surface area contributed by atoms with Gasteiger partial charge in [-0.1, -0.05) is 65.7 Å². The Kier molecular flexibility index (Phi) is 10.2. The molecule has 2 aromatic carbocycles. The van der Waals surface area contributed by atoms with Crippen LogP contribution in [0.15, 0.2) is 77.9 Å². The van der Waals surface area contributed by atoms with E-state index in [1.54, 1.807) is 19.2 Å². The number of aromatic nitrogens is 3. The molecule has 3 aromatic heterocycles. The van der Waals surface area contributed by atoms with Crippen molar-refractivity contribution in [3.8, 4) is 39.4 Å². The minimum Gasteiger partial charge on any atom is -0.481 e. The first kappa shape index (κ1) is 34.4. The van der Waals surface area contributed by atoms with Gasteiger partial charge in [0.25, 0.3) is 5.56 Å². The number of hydrogen-bond acceptors (Lipinski definition) is 7. The fourth-order valence-electron chi connectivity index (χ4n) is 5.78. The van der Waals surface area contributed by atoms with Crippen LogP contribution in [-0.2, 0) is 17.9 Å². The molecule has 6 rings (SSSR count). The zero-order valence-corrected chi connectivity index (χ0v) is 27.7.